The van der Waals surface area contributed by atoms with Crippen molar-refractivity contribution in [1.29, 1.82) is 0 Å². The average molecular weight is 517 g/mol. The van der Waals surface area contributed by atoms with Crippen molar-refractivity contribution in [2.24, 2.45) is 11.8 Å². The predicted octanol–water partition coefficient (Wildman–Crippen LogP) is 2.99. The van der Waals surface area contributed by atoms with Crippen LogP contribution in [-0.2, 0) is 23.8 Å². The first-order chi connectivity index (χ1) is 17.1. The molecule has 2 aliphatic heterocycles. The molecule has 4 N–H and O–H groups in total. The van der Waals surface area contributed by atoms with Crippen LogP contribution in [0.2, 0.25) is 0 Å². The van der Waals surface area contributed by atoms with Gasteiger partial charge in [-0.3, -0.25) is 9.59 Å². The molecule has 9 nitrogen and oxygen atoms in total. The van der Waals surface area contributed by atoms with Crippen LogP contribution in [0.4, 0.5) is 0 Å². The Balaban J connectivity index is 1.63. The Hall–Kier alpha value is -1.26. The highest BCUT2D eigenvalue weighted by molar-refractivity contribution is 5.85. The standard InChI is InChI=1S/C27H48O9/c1-17(28)15-13-11-9-7-5-4-6-8-10-12-14-16-20-21(18(2)25(32)35-20)26(33)36-27-24(31)23(30)22(29)19(3)34-27/h17-24,27-31H,4-16H2,1-3H3. The molecule has 9 heteroatoms. The molecule has 0 amide bonds. The predicted molar refractivity (Wildman–Crippen MR) is 133 cm³/mol. The summed E-state index contributed by atoms with van der Waals surface area (Å²) in [6.07, 6.45) is 6.67. The van der Waals surface area contributed by atoms with Gasteiger partial charge in [-0.25, -0.2) is 0 Å². The number of aliphatic hydroxyl groups is 4. The number of cyclic esters (lactones) is 1. The van der Waals surface area contributed by atoms with Crippen molar-refractivity contribution >= 4 is 11.9 Å². The first-order valence-electron chi connectivity index (χ1n) is 13.9. The van der Waals surface area contributed by atoms with Crippen molar-refractivity contribution in [1.82, 2.24) is 0 Å². The lowest BCUT2D eigenvalue weighted by Crippen LogP contribution is -2.58. The number of hydrogen-bond acceptors (Lipinski definition) is 9. The minimum absolute atomic E-state index is 0.186. The maximum atomic E-state index is 12.9. The first-order valence-corrected chi connectivity index (χ1v) is 13.9. The average Bonchev–Trinajstić information content (AvgIpc) is 3.11. The van der Waals surface area contributed by atoms with Gasteiger partial charge in [0, 0.05) is 0 Å². The van der Waals surface area contributed by atoms with E-state index in [1.54, 1.807) is 6.92 Å². The van der Waals surface area contributed by atoms with Crippen LogP contribution < -0.4 is 0 Å². The number of carbonyl (C=O) groups is 2. The molecular formula is C27H48O9. The second-order valence-corrected chi connectivity index (χ2v) is 10.7. The number of hydrogen-bond donors (Lipinski definition) is 4. The quantitative estimate of drug-likeness (QED) is 0.180. The van der Waals surface area contributed by atoms with Crippen LogP contribution in [0.1, 0.15) is 104 Å². The van der Waals surface area contributed by atoms with Gasteiger partial charge >= 0.3 is 11.9 Å². The molecule has 2 rings (SSSR count). The molecule has 0 aromatic carbocycles. The molecule has 9 atom stereocenters. The van der Waals surface area contributed by atoms with E-state index in [9.17, 15) is 30.0 Å². The van der Waals surface area contributed by atoms with E-state index in [1.807, 2.05) is 6.92 Å². The third-order valence-corrected chi connectivity index (χ3v) is 7.50. The number of aliphatic hydroxyl groups excluding tert-OH is 4. The monoisotopic (exact) mass is 516 g/mol. The van der Waals surface area contributed by atoms with Gasteiger partial charge in [-0.1, -0.05) is 71.1 Å². The van der Waals surface area contributed by atoms with Crippen LogP contribution >= 0.6 is 0 Å². The topological polar surface area (TPSA) is 143 Å². The van der Waals surface area contributed by atoms with E-state index in [0.717, 1.165) is 38.5 Å². The summed E-state index contributed by atoms with van der Waals surface area (Å²) in [4.78, 5) is 25.0. The van der Waals surface area contributed by atoms with Gasteiger partial charge in [0.1, 0.15) is 30.3 Å². The summed E-state index contributed by atoms with van der Waals surface area (Å²) < 4.78 is 16.1. The Morgan fingerprint density at radius 2 is 1.39 bits per heavy atom. The second-order valence-electron chi connectivity index (χ2n) is 10.7. The van der Waals surface area contributed by atoms with E-state index < -0.39 is 60.6 Å². The van der Waals surface area contributed by atoms with Crippen LogP contribution in [0.25, 0.3) is 0 Å². The highest BCUT2D eigenvalue weighted by atomic mass is 16.7. The van der Waals surface area contributed by atoms with Gasteiger partial charge in [-0.2, -0.15) is 0 Å². The molecule has 2 heterocycles. The van der Waals surface area contributed by atoms with Crippen LogP contribution in [0.3, 0.4) is 0 Å². The molecule has 0 spiro atoms. The number of unbranched alkanes of at least 4 members (excludes halogenated alkanes) is 10. The lowest BCUT2D eigenvalue weighted by molar-refractivity contribution is -0.286. The van der Waals surface area contributed by atoms with Gasteiger partial charge in [0.2, 0.25) is 6.29 Å². The van der Waals surface area contributed by atoms with Crippen molar-refractivity contribution in [2.45, 2.75) is 147 Å². The Morgan fingerprint density at radius 3 is 1.94 bits per heavy atom. The van der Waals surface area contributed by atoms with Crippen LogP contribution in [-0.4, -0.2) is 75.3 Å². The fourth-order valence-electron chi connectivity index (χ4n) is 5.07. The van der Waals surface area contributed by atoms with Crippen molar-refractivity contribution in [2.75, 3.05) is 0 Å². The molecule has 2 fully saturated rings. The Bertz CT molecular complexity index is 655. The van der Waals surface area contributed by atoms with Gasteiger partial charge in [0.15, 0.2) is 0 Å². The third-order valence-electron chi connectivity index (χ3n) is 7.50. The number of ether oxygens (including phenoxy) is 3. The minimum atomic E-state index is -1.58. The summed E-state index contributed by atoms with van der Waals surface area (Å²) in [5.41, 5.74) is 0. The lowest BCUT2D eigenvalue weighted by atomic mass is 9.89. The highest BCUT2D eigenvalue weighted by Gasteiger charge is 2.50. The Labute approximate surface area is 215 Å². The Kier molecular flexibility index (Phi) is 13.6. The summed E-state index contributed by atoms with van der Waals surface area (Å²) in [5, 5.41) is 39.1. The lowest BCUT2D eigenvalue weighted by Gasteiger charge is -2.38. The SMILES string of the molecule is CC(O)CCCCCCCCCCCCCC1OC(=O)C(C)C1C(=O)OC1OC(C)C(O)C(O)C1O. The molecule has 0 aromatic heterocycles. The molecule has 0 saturated carbocycles. The zero-order chi connectivity index (χ0) is 26.7. The number of esters is 2. The van der Waals surface area contributed by atoms with Crippen LogP contribution in [0.15, 0.2) is 0 Å². The number of rotatable bonds is 16. The molecule has 0 aromatic rings. The highest BCUT2D eigenvalue weighted by Crippen LogP contribution is 2.34. The molecule has 0 bridgehead atoms. The second kappa shape index (κ2) is 15.9. The summed E-state index contributed by atoms with van der Waals surface area (Å²) >= 11 is 0. The van der Waals surface area contributed by atoms with E-state index in [1.165, 1.54) is 45.4 Å². The third kappa shape index (κ3) is 9.56. The summed E-state index contributed by atoms with van der Waals surface area (Å²) in [6.45, 7) is 4.98. The van der Waals surface area contributed by atoms with Gasteiger partial charge in [0.25, 0.3) is 0 Å². The van der Waals surface area contributed by atoms with E-state index in [-0.39, 0.29) is 6.10 Å². The fraction of sp³-hybridized carbons (Fsp3) is 0.926. The zero-order valence-corrected chi connectivity index (χ0v) is 22.2. The fourth-order valence-corrected chi connectivity index (χ4v) is 5.07. The maximum Gasteiger partial charge on any atom is 0.315 e. The van der Waals surface area contributed by atoms with E-state index in [2.05, 4.69) is 0 Å². The normalized spacial score (nSPS) is 33.4. The van der Waals surface area contributed by atoms with Gasteiger partial charge in [0.05, 0.1) is 18.1 Å². The van der Waals surface area contributed by atoms with Crippen molar-refractivity contribution < 1.29 is 44.2 Å². The largest absolute Gasteiger partial charge is 0.461 e. The van der Waals surface area contributed by atoms with Crippen molar-refractivity contribution in [3.8, 4) is 0 Å². The van der Waals surface area contributed by atoms with E-state index in [4.69, 9.17) is 14.2 Å². The van der Waals surface area contributed by atoms with Gasteiger partial charge in [-0.05, 0) is 33.1 Å². The molecule has 2 saturated heterocycles. The van der Waals surface area contributed by atoms with E-state index in [0.29, 0.717) is 6.42 Å². The van der Waals surface area contributed by atoms with Crippen molar-refractivity contribution in [3.63, 3.8) is 0 Å². The summed E-state index contributed by atoms with van der Waals surface area (Å²) in [5.74, 6) is -2.61. The molecular weight excluding hydrogens is 468 g/mol. The Morgan fingerprint density at radius 1 is 0.861 bits per heavy atom. The van der Waals surface area contributed by atoms with Crippen LogP contribution in [0, 0.1) is 11.8 Å². The zero-order valence-electron chi connectivity index (χ0n) is 22.2. The molecule has 36 heavy (non-hydrogen) atoms. The van der Waals surface area contributed by atoms with Gasteiger partial charge < -0.3 is 34.6 Å². The molecule has 0 radical (unpaired) electrons. The molecule has 0 aliphatic carbocycles. The minimum Gasteiger partial charge on any atom is -0.461 e. The van der Waals surface area contributed by atoms with Crippen LogP contribution in [0.5, 0.6) is 0 Å². The molecule has 9 unspecified atom stereocenters. The summed E-state index contributed by atoms with van der Waals surface area (Å²) in [7, 11) is 0. The molecule has 2 aliphatic rings. The maximum absolute atomic E-state index is 12.9. The smallest absolute Gasteiger partial charge is 0.315 e. The molecule has 210 valence electrons. The first kappa shape index (κ1) is 31.0. The number of carbonyl (C=O) groups excluding carboxylic acids is 2. The summed E-state index contributed by atoms with van der Waals surface area (Å²) in [6, 6.07) is 0. The van der Waals surface area contributed by atoms with Crippen molar-refractivity contribution in [3.05, 3.63) is 0 Å². The van der Waals surface area contributed by atoms with Gasteiger partial charge in [-0.15, -0.1) is 0 Å². The van der Waals surface area contributed by atoms with E-state index >= 15 is 0 Å².